The minimum absolute atomic E-state index is 0.699. The number of benzene rings is 1. The molecule has 1 N–H and O–H groups in total. The fourth-order valence-corrected chi connectivity index (χ4v) is 2.61. The highest BCUT2D eigenvalue weighted by atomic mass is 16.5. The molecular weight excluding hydrogens is 210 g/mol. The van der Waals surface area contributed by atoms with Crippen LogP contribution in [0.25, 0.3) is 0 Å². The molecule has 94 valence electrons. The van der Waals surface area contributed by atoms with Crippen LogP contribution >= 0.6 is 0 Å². The van der Waals surface area contributed by atoms with Gasteiger partial charge in [-0.1, -0.05) is 19.1 Å². The van der Waals surface area contributed by atoms with Crippen LogP contribution in [0.5, 0.6) is 5.75 Å². The average molecular weight is 233 g/mol. The van der Waals surface area contributed by atoms with Crippen molar-refractivity contribution in [3.05, 3.63) is 29.8 Å². The second-order valence-electron chi connectivity index (χ2n) is 5.17. The predicted octanol–water partition coefficient (Wildman–Crippen LogP) is 3.02. The highest BCUT2D eigenvalue weighted by molar-refractivity contribution is 5.28. The number of piperidine rings is 1. The van der Waals surface area contributed by atoms with Crippen molar-refractivity contribution in [1.29, 1.82) is 0 Å². The molecular formula is C15H23NO. The van der Waals surface area contributed by atoms with Crippen molar-refractivity contribution in [2.45, 2.75) is 38.6 Å². The van der Waals surface area contributed by atoms with E-state index in [2.05, 4.69) is 30.4 Å². The maximum absolute atomic E-state index is 5.25. The molecule has 0 radical (unpaired) electrons. The van der Waals surface area contributed by atoms with Gasteiger partial charge in [0.15, 0.2) is 0 Å². The van der Waals surface area contributed by atoms with Crippen molar-refractivity contribution >= 4 is 0 Å². The molecule has 0 spiro atoms. The van der Waals surface area contributed by atoms with Crippen LogP contribution in [0.3, 0.4) is 0 Å². The molecule has 1 aliphatic heterocycles. The topological polar surface area (TPSA) is 21.3 Å². The van der Waals surface area contributed by atoms with E-state index in [-0.39, 0.29) is 0 Å². The van der Waals surface area contributed by atoms with E-state index >= 15 is 0 Å². The lowest BCUT2D eigenvalue weighted by molar-refractivity contribution is 0.308. The molecule has 1 aromatic rings. The van der Waals surface area contributed by atoms with Crippen LogP contribution in [0.2, 0.25) is 0 Å². The van der Waals surface area contributed by atoms with Crippen molar-refractivity contribution in [2.24, 2.45) is 5.92 Å². The second kappa shape index (κ2) is 6.06. The smallest absolute Gasteiger partial charge is 0.119 e. The van der Waals surface area contributed by atoms with E-state index in [1.165, 1.54) is 31.4 Å². The first kappa shape index (κ1) is 12.4. The molecule has 2 atom stereocenters. The summed E-state index contributed by atoms with van der Waals surface area (Å²) in [4.78, 5) is 0. The Morgan fingerprint density at radius 2 is 2.29 bits per heavy atom. The second-order valence-corrected chi connectivity index (χ2v) is 5.17. The van der Waals surface area contributed by atoms with Gasteiger partial charge >= 0.3 is 0 Å². The molecule has 1 saturated heterocycles. The van der Waals surface area contributed by atoms with Crippen LogP contribution in [-0.4, -0.2) is 19.7 Å². The molecule has 0 amide bonds. The summed E-state index contributed by atoms with van der Waals surface area (Å²) in [5.74, 6) is 1.85. The number of hydrogen-bond donors (Lipinski definition) is 1. The molecule has 1 aliphatic rings. The van der Waals surface area contributed by atoms with Gasteiger partial charge in [-0.25, -0.2) is 0 Å². The van der Waals surface area contributed by atoms with E-state index in [0.29, 0.717) is 6.04 Å². The van der Waals surface area contributed by atoms with Crippen molar-refractivity contribution in [1.82, 2.24) is 5.32 Å². The lowest BCUT2D eigenvalue weighted by Crippen LogP contribution is -2.37. The Hall–Kier alpha value is -1.02. The first-order valence-corrected chi connectivity index (χ1v) is 6.64. The highest BCUT2D eigenvalue weighted by Gasteiger charge is 2.17. The summed E-state index contributed by atoms with van der Waals surface area (Å²) in [6, 6.07) is 9.11. The number of rotatable bonds is 4. The van der Waals surface area contributed by atoms with Gasteiger partial charge in [0.25, 0.3) is 0 Å². The Bertz CT molecular complexity index is 351. The lowest BCUT2D eigenvalue weighted by atomic mass is 9.91. The zero-order chi connectivity index (χ0) is 12.1. The zero-order valence-corrected chi connectivity index (χ0v) is 10.9. The third kappa shape index (κ3) is 3.74. The summed E-state index contributed by atoms with van der Waals surface area (Å²) in [6.45, 7) is 3.54. The van der Waals surface area contributed by atoms with Gasteiger partial charge in [0.1, 0.15) is 5.75 Å². The van der Waals surface area contributed by atoms with Gasteiger partial charge in [-0.15, -0.1) is 0 Å². The Morgan fingerprint density at radius 1 is 1.41 bits per heavy atom. The quantitative estimate of drug-likeness (QED) is 0.863. The molecule has 17 heavy (non-hydrogen) atoms. The van der Waals surface area contributed by atoms with Crippen molar-refractivity contribution < 1.29 is 4.74 Å². The van der Waals surface area contributed by atoms with Crippen LogP contribution in [0.15, 0.2) is 24.3 Å². The van der Waals surface area contributed by atoms with Crippen LogP contribution in [0.4, 0.5) is 0 Å². The SMILES string of the molecule is COc1cccc(CCC2CC(C)CCN2)c1. The van der Waals surface area contributed by atoms with Crippen LogP contribution in [0.1, 0.15) is 31.7 Å². The summed E-state index contributed by atoms with van der Waals surface area (Å²) < 4.78 is 5.25. The molecule has 2 heteroatoms. The third-order valence-electron chi connectivity index (χ3n) is 3.67. The number of methoxy groups -OCH3 is 1. The Morgan fingerprint density at radius 3 is 3.06 bits per heavy atom. The number of nitrogens with one attached hydrogen (secondary N) is 1. The van der Waals surface area contributed by atoms with Gasteiger partial charge in [0.05, 0.1) is 7.11 Å². The summed E-state index contributed by atoms with van der Waals surface area (Å²) in [5, 5.41) is 3.62. The minimum Gasteiger partial charge on any atom is -0.497 e. The fraction of sp³-hybridized carbons (Fsp3) is 0.600. The van der Waals surface area contributed by atoms with Crippen molar-refractivity contribution in [3.8, 4) is 5.75 Å². The van der Waals surface area contributed by atoms with Gasteiger partial charge in [-0.05, 0) is 55.8 Å². The van der Waals surface area contributed by atoms with E-state index in [1.807, 2.05) is 6.07 Å². The highest BCUT2D eigenvalue weighted by Crippen LogP contribution is 2.20. The Labute approximate surface area is 104 Å². The zero-order valence-electron chi connectivity index (χ0n) is 10.9. The van der Waals surface area contributed by atoms with Crippen LogP contribution < -0.4 is 10.1 Å². The van der Waals surface area contributed by atoms with Crippen molar-refractivity contribution in [2.75, 3.05) is 13.7 Å². The van der Waals surface area contributed by atoms with Gasteiger partial charge in [0, 0.05) is 6.04 Å². The molecule has 1 fully saturated rings. The fourth-order valence-electron chi connectivity index (χ4n) is 2.61. The average Bonchev–Trinajstić information content (AvgIpc) is 2.37. The molecule has 2 nitrogen and oxygen atoms in total. The molecule has 0 bridgehead atoms. The van der Waals surface area contributed by atoms with E-state index in [1.54, 1.807) is 7.11 Å². The van der Waals surface area contributed by atoms with Gasteiger partial charge in [-0.2, -0.15) is 0 Å². The standard InChI is InChI=1S/C15H23NO/c1-12-8-9-16-14(10-12)7-6-13-4-3-5-15(11-13)17-2/h3-5,11-12,14,16H,6-10H2,1-2H3. The van der Waals surface area contributed by atoms with E-state index in [0.717, 1.165) is 18.1 Å². The normalized spacial score (nSPS) is 24.6. The summed E-state index contributed by atoms with van der Waals surface area (Å²) in [6.07, 6.45) is 5.03. The van der Waals surface area contributed by atoms with E-state index in [9.17, 15) is 0 Å². The molecule has 0 aliphatic carbocycles. The molecule has 2 unspecified atom stereocenters. The van der Waals surface area contributed by atoms with Crippen LogP contribution in [0, 0.1) is 5.92 Å². The van der Waals surface area contributed by atoms with Crippen molar-refractivity contribution in [3.63, 3.8) is 0 Å². The first-order valence-electron chi connectivity index (χ1n) is 6.64. The van der Waals surface area contributed by atoms with Gasteiger partial charge < -0.3 is 10.1 Å². The summed E-state index contributed by atoms with van der Waals surface area (Å²) >= 11 is 0. The molecule has 0 aromatic heterocycles. The van der Waals surface area contributed by atoms with E-state index < -0.39 is 0 Å². The lowest BCUT2D eigenvalue weighted by Gasteiger charge is -2.28. The van der Waals surface area contributed by atoms with Gasteiger partial charge in [-0.3, -0.25) is 0 Å². The Kier molecular flexibility index (Phi) is 4.43. The van der Waals surface area contributed by atoms with Gasteiger partial charge in [0.2, 0.25) is 0 Å². The molecule has 1 aromatic carbocycles. The molecule has 2 rings (SSSR count). The number of ether oxygens (including phenoxy) is 1. The maximum atomic E-state index is 5.25. The first-order chi connectivity index (χ1) is 8.28. The monoisotopic (exact) mass is 233 g/mol. The minimum atomic E-state index is 0.699. The van der Waals surface area contributed by atoms with E-state index in [4.69, 9.17) is 4.74 Å². The molecule has 0 saturated carbocycles. The van der Waals surface area contributed by atoms with Crippen LogP contribution in [-0.2, 0) is 6.42 Å². The predicted molar refractivity (Wildman–Crippen MR) is 71.5 cm³/mol. The third-order valence-corrected chi connectivity index (χ3v) is 3.67. The maximum Gasteiger partial charge on any atom is 0.119 e. The summed E-state index contributed by atoms with van der Waals surface area (Å²) in [7, 11) is 1.73. The Balaban J connectivity index is 1.84. The number of hydrogen-bond acceptors (Lipinski definition) is 2. The molecule has 1 heterocycles. The largest absolute Gasteiger partial charge is 0.497 e. The summed E-state index contributed by atoms with van der Waals surface area (Å²) in [5.41, 5.74) is 1.38. The number of aryl methyl sites for hydroxylation is 1.